The van der Waals surface area contributed by atoms with E-state index in [0.29, 0.717) is 12.6 Å². The molecule has 0 saturated heterocycles. The zero-order valence-electron chi connectivity index (χ0n) is 15.9. The van der Waals surface area contributed by atoms with Gasteiger partial charge in [0.15, 0.2) is 0 Å². The number of nitrogens with zero attached hydrogens (tertiary/aromatic N) is 1. The van der Waals surface area contributed by atoms with E-state index in [0.717, 1.165) is 55.1 Å². The summed E-state index contributed by atoms with van der Waals surface area (Å²) in [4.78, 5) is 5.05. The van der Waals surface area contributed by atoms with Crippen LogP contribution in [0.25, 0.3) is 0 Å². The number of fused-ring (bicyclic) bond motifs is 1. The molecule has 0 bridgehead atoms. The number of ether oxygens (including phenoxy) is 1. The summed E-state index contributed by atoms with van der Waals surface area (Å²) in [5.41, 5.74) is 3.84. The zero-order chi connectivity index (χ0) is 18.7. The fourth-order valence-electron chi connectivity index (χ4n) is 4.48. The van der Waals surface area contributed by atoms with Gasteiger partial charge in [0.05, 0.1) is 12.6 Å². The van der Waals surface area contributed by atoms with Crippen LogP contribution in [0.2, 0.25) is 5.02 Å². The van der Waals surface area contributed by atoms with Crippen LogP contribution in [-0.2, 0) is 17.7 Å². The van der Waals surface area contributed by atoms with Gasteiger partial charge in [-0.25, -0.2) is 0 Å². The van der Waals surface area contributed by atoms with Crippen molar-refractivity contribution in [3.05, 3.63) is 64.7 Å². The molecule has 0 aromatic heterocycles. The number of para-hydroxylation sites is 1. The molecule has 0 amide bonds. The average Bonchev–Trinajstić information content (AvgIpc) is 2.68. The molecule has 0 atom stereocenters. The lowest BCUT2D eigenvalue weighted by Gasteiger charge is -2.44. The molecule has 0 radical (unpaired) electrons. The molecule has 1 saturated carbocycles. The number of nitrogens with one attached hydrogen (secondary N) is 1. The van der Waals surface area contributed by atoms with E-state index >= 15 is 0 Å². The van der Waals surface area contributed by atoms with Crippen molar-refractivity contribution in [2.45, 2.75) is 51.7 Å². The number of aliphatic imine (C=N–C) groups is 1. The molecular weight excluding hydrogens is 356 g/mol. The third-order valence-corrected chi connectivity index (χ3v) is 6.14. The van der Waals surface area contributed by atoms with Crippen molar-refractivity contribution in [3.8, 4) is 0 Å². The highest BCUT2D eigenvalue weighted by molar-refractivity contribution is 6.30. The van der Waals surface area contributed by atoms with Crippen molar-refractivity contribution in [1.29, 1.82) is 0 Å². The standard InChI is InChI=1S/C23H27ClN2O/c1-2-27-20-10-12-23(13-11-20)15-18-7-3-4-9-21(18)26-22(23)25-16-17-6-5-8-19(24)14-17/h3-9,14,20H,2,10-13,15-16H2,1H3,(H,25,26). The first-order chi connectivity index (χ1) is 13.2. The van der Waals surface area contributed by atoms with Gasteiger partial charge in [-0.05, 0) is 68.4 Å². The minimum absolute atomic E-state index is 0.0977. The minimum atomic E-state index is 0.0977. The molecule has 4 rings (SSSR count). The Balaban J connectivity index is 1.61. The van der Waals surface area contributed by atoms with Crippen molar-refractivity contribution in [2.75, 3.05) is 11.9 Å². The van der Waals surface area contributed by atoms with Crippen molar-refractivity contribution >= 4 is 23.1 Å². The van der Waals surface area contributed by atoms with Gasteiger partial charge in [0.1, 0.15) is 5.84 Å². The van der Waals surface area contributed by atoms with Gasteiger partial charge in [0, 0.05) is 22.7 Å². The van der Waals surface area contributed by atoms with Crippen molar-refractivity contribution < 1.29 is 4.74 Å². The number of anilines is 1. The van der Waals surface area contributed by atoms with Crippen LogP contribution in [0.5, 0.6) is 0 Å². The van der Waals surface area contributed by atoms with Crippen molar-refractivity contribution in [2.24, 2.45) is 10.4 Å². The average molecular weight is 383 g/mol. The molecule has 1 heterocycles. The van der Waals surface area contributed by atoms with Gasteiger partial charge in [-0.3, -0.25) is 4.99 Å². The molecule has 142 valence electrons. The molecule has 3 nitrogen and oxygen atoms in total. The second-order valence-electron chi connectivity index (χ2n) is 7.69. The minimum Gasteiger partial charge on any atom is -0.379 e. The number of hydrogen-bond acceptors (Lipinski definition) is 2. The van der Waals surface area contributed by atoms with Crippen LogP contribution in [0.15, 0.2) is 53.5 Å². The van der Waals surface area contributed by atoms with Crippen LogP contribution >= 0.6 is 11.6 Å². The summed E-state index contributed by atoms with van der Waals surface area (Å²) < 4.78 is 5.89. The highest BCUT2D eigenvalue weighted by Crippen LogP contribution is 2.45. The predicted molar refractivity (Wildman–Crippen MR) is 113 cm³/mol. The van der Waals surface area contributed by atoms with E-state index in [4.69, 9.17) is 21.3 Å². The fraction of sp³-hybridized carbons (Fsp3) is 0.435. The Morgan fingerprint density at radius 2 is 1.96 bits per heavy atom. The molecule has 2 aromatic rings. The largest absolute Gasteiger partial charge is 0.379 e. The van der Waals surface area contributed by atoms with E-state index < -0.39 is 0 Å². The fourth-order valence-corrected chi connectivity index (χ4v) is 4.69. The monoisotopic (exact) mass is 382 g/mol. The van der Waals surface area contributed by atoms with Gasteiger partial charge in [-0.1, -0.05) is 41.9 Å². The van der Waals surface area contributed by atoms with E-state index in [1.807, 2.05) is 18.2 Å². The number of benzene rings is 2. The van der Waals surface area contributed by atoms with Gasteiger partial charge in [-0.2, -0.15) is 0 Å². The molecule has 1 aliphatic carbocycles. The molecule has 27 heavy (non-hydrogen) atoms. The summed E-state index contributed by atoms with van der Waals surface area (Å²) in [6, 6.07) is 16.6. The Labute approximate surface area is 166 Å². The first kappa shape index (κ1) is 18.5. The second-order valence-corrected chi connectivity index (χ2v) is 8.13. The van der Waals surface area contributed by atoms with E-state index in [-0.39, 0.29) is 5.41 Å². The number of hydrogen-bond donors (Lipinski definition) is 1. The molecular formula is C23H27ClN2O. The zero-order valence-corrected chi connectivity index (χ0v) is 16.6. The van der Waals surface area contributed by atoms with E-state index in [2.05, 4.69) is 42.6 Å². The Morgan fingerprint density at radius 1 is 1.15 bits per heavy atom. The molecule has 4 heteroatoms. The third-order valence-electron chi connectivity index (χ3n) is 5.90. The molecule has 2 aliphatic rings. The van der Waals surface area contributed by atoms with Crippen LogP contribution in [0.3, 0.4) is 0 Å². The molecule has 2 aromatic carbocycles. The van der Waals surface area contributed by atoms with E-state index in [9.17, 15) is 0 Å². The van der Waals surface area contributed by atoms with E-state index in [1.165, 1.54) is 11.3 Å². The maximum Gasteiger partial charge on any atom is 0.108 e. The van der Waals surface area contributed by atoms with Crippen molar-refractivity contribution in [3.63, 3.8) is 0 Å². The van der Waals surface area contributed by atoms with Gasteiger partial charge in [0.25, 0.3) is 0 Å². The summed E-state index contributed by atoms with van der Waals surface area (Å²) in [7, 11) is 0. The second kappa shape index (κ2) is 8.04. The number of rotatable bonds is 4. The summed E-state index contributed by atoms with van der Waals surface area (Å²) in [6.07, 6.45) is 5.90. The topological polar surface area (TPSA) is 33.6 Å². The summed E-state index contributed by atoms with van der Waals surface area (Å²) in [5, 5.41) is 4.43. The predicted octanol–water partition coefficient (Wildman–Crippen LogP) is 5.87. The highest BCUT2D eigenvalue weighted by atomic mass is 35.5. The van der Waals surface area contributed by atoms with Crippen LogP contribution in [-0.4, -0.2) is 18.5 Å². The SMILES string of the molecule is CCOC1CCC2(CC1)Cc1ccccc1NC2=NCc1cccc(Cl)c1. The Hall–Kier alpha value is -1.84. The number of halogens is 1. The van der Waals surface area contributed by atoms with Gasteiger partial charge in [-0.15, -0.1) is 0 Å². The normalized spacial score (nSPS) is 26.0. The van der Waals surface area contributed by atoms with Crippen LogP contribution in [0.1, 0.15) is 43.7 Å². The quantitative estimate of drug-likeness (QED) is 0.717. The third kappa shape index (κ3) is 4.04. The lowest BCUT2D eigenvalue weighted by atomic mass is 9.67. The van der Waals surface area contributed by atoms with E-state index in [1.54, 1.807) is 0 Å². The van der Waals surface area contributed by atoms with Gasteiger partial charge < -0.3 is 10.1 Å². The first-order valence-electron chi connectivity index (χ1n) is 9.94. The maximum atomic E-state index is 6.14. The Kier molecular flexibility index (Phi) is 5.51. The number of amidine groups is 1. The first-order valence-corrected chi connectivity index (χ1v) is 10.3. The van der Waals surface area contributed by atoms with Crippen LogP contribution in [0.4, 0.5) is 5.69 Å². The summed E-state index contributed by atoms with van der Waals surface area (Å²) in [6.45, 7) is 3.54. The lowest BCUT2D eigenvalue weighted by molar-refractivity contribution is 0.0167. The van der Waals surface area contributed by atoms with Crippen LogP contribution in [0, 0.1) is 5.41 Å². The Bertz CT molecular complexity index is 825. The van der Waals surface area contributed by atoms with Gasteiger partial charge >= 0.3 is 0 Å². The molecule has 1 aliphatic heterocycles. The smallest absolute Gasteiger partial charge is 0.108 e. The van der Waals surface area contributed by atoms with Crippen molar-refractivity contribution in [1.82, 2.24) is 0 Å². The van der Waals surface area contributed by atoms with Crippen LogP contribution < -0.4 is 5.32 Å². The summed E-state index contributed by atoms with van der Waals surface area (Å²) >= 11 is 6.14. The molecule has 1 spiro atoms. The van der Waals surface area contributed by atoms with Gasteiger partial charge in [0.2, 0.25) is 0 Å². The summed E-state index contributed by atoms with van der Waals surface area (Å²) in [5.74, 6) is 1.14. The highest BCUT2D eigenvalue weighted by Gasteiger charge is 2.43. The maximum absolute atomic E-state index is 6.14. The lowest BCUT2D eigenvalue weighted by Crippen LogP contribution is -2.45. The molecule has 0 unspecified atom stereocenters. The Morgan fingerprint density at radius 3 is 2.74 bits per heavy atom. The molecule has 1 N–H and O–H groups in total. The molecule has 1 fully saturated rings.